The van der Waals surface area contributed by atoms with Crippen LogP contribution in [0.25, 0.3) is 0 Å². The van der Waals surface area contributed by atoms with E-state index in [-0.39, 0.29) is 23.8 Å². The van der Waals surface area contributed by atoms with Gasteiger partial charge in [0.05, 0.1) is 13.0 Å². The predicted molar refractivity (Wildman–Crippen MR) is 106 cm³/mol. The lowest BCUT2D eigenvalue weighted by Gasteiger charge is -2.24. The molecule has 0 spiro atoms. The van der Waals surface area contributed by atoms with Crippen LogP contribution in [0.15, 0.2) is 47.9 Å². The van der Waals surface area contributed by atoms with E-state index in [4.69, 9.17) is 19.9 Å². The number of nitrogens with two attached hydrogens (primary N) is 1. The molecule has 0 amide bonds. The van der Waals surface area contributed by atoms with Crippen LogP contribution in [0.3, 0.4) is 0 Å². The summed E-state index contributed by atoms with van der Waals surface area (Å²) in [5.74, 6) is -1.30. The largest absolute Gasteiger partial charge is 0.496 e. The van der Waals surface area contributed by atoms with E-state index in [2.05, 4.69) is 16.3 Å². The number of methoxy groups -OCH3 is 1. The number of nitrogens with zero attached hydrogens (tertiary/aromatic N) is 2. The number of hydrogen-bond donors (Lipinski definition) is 2. The molecule has 1 aliphatic rings. The second-order valence-corrected chi connectivity index (χ2v) is 6.93. The molecule has 0 saturated heterocycles. The maximum absolute atomic E-state index is 13.9. The van der Waals surface area contributed by atoms with Gasteiger partial charge in [-0.15, -0.1) is 5.10 Å². The molecule has 0 bridgehead atoms. The lowest BCUT2D eigenvalue weighted by Crippen LogP contribution is -2.21. The van der Waals surface area contributed by atoms with Gasteiger partial charge in [0.1, 0.15) is 29.8 Å². The third-order valence-electron chi connectivity index (χ3n) is 5.04. The number of aryl methyl sites for hydroxylation is 1. The fourth-order valence-electron chi connectivity index (χ4n) is 3.57. The Morgan fingerprint density at radius 3 is 2.71 bits per heavy atom. The molecule has 1 aromatic heterocycles. The molecule has 3 N–H and O–H groups in total. The Balaban J connectivity index is 1.73. The van der Waals surface area contributed by atoms with Gasteiger partial charge in [-0.05, 0) is 36.8 Å². The van der Waals surface area contributed by atoms with E-state index in [1.165, 1.54) is 13.2 Å². The topological polar surface area (TPSA) is 106 Å². The van der Waals surface area contributed by atoms with Gasteiger partial charge in [-0.1, -0.05) is 6.07 Å². The number of rotatable bonds is 5. The van der Waals surface area contributed by atoms with Gasteiger partial charge in [-0.3, -0.25) is 5.10 Å². The first kappa shape index (κ1) is 20.2. The van der Waals surface area contributed by atoms with E-state index < -0.39 is 17.6 Å². The fourth-order valence-corrected chi connectivity index (χ4v) is 3.57. The quantitative estimate of drug-likeness (QED) is 0.645. The van der Waals surface area contributed by atoms with Crippen molar-refractivity contribution in [3.8, 4) is 23.4 Å². The first-order valence-electron chi connectivity index (χ1n) is 9.30. The molecule has 7 nitrogen and oxygen atoms in total. The Morgan fingerprint density at radius 2 is 2.00 bits per heavy atom. The first-order chi connectivity index (χ1) is 14.9. The standard InChI is InChI=1S/C22H18F2N4O3/c1-11-19-20(15(9-25)21(26)31-22(19)28-27-11)12-3-5-17(29-2)13(7-12)10-30-18-6-4-14(23)8-16(18)24/h3-8,20H,10,26H2,1-2H3,(H,27,28)/t20-/m0/s1. The lowest BCUT2D eigenvalue weighted by atomic mass is 9.83. The maximum Gasteiger partial charge on any atom is 0.244 e. The van der Waals surface area contributed by atoms with E-state index in [1.54, 1.807) is 18.2 Å². The van der Waals surface area contributed by atoms with E-state index in [1.807, 2.05) is 6.92 Å². The monoisotopic (exact) mass is 424 g/mol. The van der Waals surface area contributed by atoms with Crippen LogP contribution >= 0.6 is 0 Å². The van der Waals surface area contributed by atoms with Crippen molar-refractivity contribution < 1.29 is 23.0 Å². The van der Waals surface area contributed by atoms with Gasteiger partial charge in [0.25, 0.3) is 0 Å². The van der Waals surface area contributed by atoms with E-state index >= 15 is 0 Å². The Hall–Kier alpha value is -4.06. The fraction of sp³-hybridized carbons (Fsp3) is 0.182. The Labute approximate surface area is 176 Å². The van der Waals surface area contributed by atoms with Crippen molar-refractivity contribution in [1.82, 2.24) is 10.2 Å². The highest BCUT2D eigenvalue weighted by Gasteiger charge is 2.34. The van der Waals surface area contributed by atoms with Gasteiger partial charge in [-0.2, -0.15) is 5.26 Å². The molecule has 0 aliphatic carbocycles. The highest BCUT2D eigenvalue weighted by Crippen LogP contribution is 2.43. The summed E-state index contributed by atoms with van der Waals surface area (Å²) >= 11 is 0. The number of nitriles is 1. The van der Waals surface area contributed by atoms with Crippen molar-refractivity contribution >= 4 is 0 Å². The van der Waals surface area contributed by atoms with Crippen molar-refractivity contribution in [3.63, 3.8) is 0 Å². The van der Waals surface area contributed by atoms with Gasteiger partial charge in [0.15, 0.2) is 11.6 Å². The number of hydrogen-bond acceptors (Lipinski definition) is 6. The van der Waals surface area contributed by atoms with E-state index in [0.29, 0.717) is 22.8 Å². The molecule has 2 heterocycles. The summed E-state index contributed by atoms with van der Waals surface area (Å²) in [5, 5.41) is 16.7. The third kappa shape index (κ3) is 3.64. The van der Waals surface area contributed by atoms with Crippen molar-refractivity contribution in [2.45, 2.75) is 19.4 Å². The van der Waals surface area contributed by atoms with Gasteiger partial charge in [-0.25, -0.2) is 8.78 Å². The highest BCUT2D eigenvalue weighted by atomic mass is 19.1. The molecule has 0 unspecified atom stereocenters. The summed E-state index contributed by atoms with van der Waals surface area (Å²) in [6.07, 6.45) is 0. The summed E-state index contributed by atoms with van der Waals surface area (Å²) in [7, 11) is 1.50. The summed E-state index contributed by atoms with van der Waals surface area (Å²) in [6, 6.07) is 10.5. The van der Waals surface area contributed by atoms with Crippen LogP contribution in [-0.4, -0.2) is 17.3 Å². The van der Waals surface area contributed by atoms with Gasteiger partial charge < -0.3 is 19.9 Å². The van der Waals surface area contributed by atoms with Gasteiger partial charge >= 0.3 is 0 Å². The van der Waals surface area contributed by atoms with Crippen LogP contribution < -0.4 is 19.9 Å². The summed E-state index contributed by atoms with van der Waals surface area (Å²) < 4.78 is 43.5. The van der Waals surface area contributed by atoms with Crippen LogP contribution in [-0.2, 0) is 6.61 Å². The number of nitrogens with one attached hydrogen (secondary N) is 1. The molecular formula is C22H18F2N4O3. The third-order valence-corrected chi connectivity index (χ3v) is 5.04. The number of allylic oxidation sites excluding steroid dienone is 1. The summed E-state index contributed by atoms with van der Waals surface area (Å²) in [6.45, 7) is 1.78. The lowest BCUT2D eigenvalue weighted by molar-refractivity contribution is 0.281. The SMILES string of the molecule is COc1ccc([C@H]2C(C#N)=C(N)Oc3n[nH]c(C)c32)cc1COc1ccc(F)cc1F. The number of benzene rings is 2. The Kier molecular flexibility index (Phi) is 5.21. The number of aromatic nitrogens is 2. The number of H-pyrrole nitrogens is 1. The number of aromatic amines is 1. The molecule has 158 valence electrons. The van der Waals surface area contributed by atoms with E-state index in [9.17, 15) is 14.0 Å². The molecule has 0 saturated carbocycles. The molecule has 0 radical (unpaired) electrons. The van der Waals surface area contributed by atoms with Gasteiger partial charge in [0, 0.05) is 22.9 Å². The second-order valence-electron chi connectivity index (χ2n) is 6.93. The average molecular weight is 424 g/mol. The minimum absolute atomic E-state index is 0.0199. The average Bonchev–Trinajstić information content (AvgIpc) is 3.12. The molecule has 9 heteroatoms. The molecule has 3 aromatic rings. The van der Waals surface area contributed by atoms with Crippen LogP contribution in [0.1, 0.15) is 28.3 Å². The van der Waals surface area contributed by atoms with Crippen LogP contribution in [0, 0.1) is 29.9 Å². The van der Waals surface area contributed by atoms with Gasteiger partial charge in [0.2, 0.25) is 11.8 Å². The summed E-state index contributed by atoms with van der Waals surface area (Å²) in [5.41, 5.74) is 8.98. The molecule has 2 aromatic carbocycles. The normalized spacial score (nSPS) is 15.1. The number of halogens is 2. The van der Waals surface area contributed by atoms with Crippen LogP contribution in [0.5, 0.6) is 17.4 Å². The van der Waals surface area contributed by atoms with Crippen molar-refractivity contribution in [3.05, 3.63) is 81.9 Å². The highest BCUT2D eigenvalue weighted by molar-refractivity contribution is 5.56. The Bertz CT molecular complexity index is 1230. The van der Waals surface area contributed by atoms with Crippen molar-refractivity contribution in [2.24, 2.45) is 5.73 Å². The molecule has 1 atom stereocenters. The minimum atomic E-state index is -0.805. The number of ether oxygens (including phenoxy) is 3. The zero-order chi connectivity index (χ0) is 22.1. The van der Waals surface area contributed by atoms with Crippen molar-refractivity contribution in [2.75, 3.05) is 7.11 Å². The molecule has 31 heavy (non-hydrogen) atoms. The van der Waals surface area contributed by atoms with Crippen LogP contribution in [0.4, 0.5) is 8.78 Å². The zero-order valence-corrected chi connectivity index (χ0v) is 16.7. The number of fused-ring (bicyclic) bond motifs is 1. The minimum Gasteiger partial charge on any atom is -0.496 e. The van der Waals surface area contributed by atoms with E-state index in [0.717, 1.165) is 23.4 Å². The van der Waals surface area contributed by atoms with Crippen molar-refractivity contribution in [1.29, 1.82) is 5.26 Å². The predicted octanol–water partition coefficient (Wildman–Crippen LogP) is 3.80. The second kappa shape index (κ2) is 7.99. The first-order valence-corrected chi connectivity index (χ1v) is 9.30. The molecule has 1 aliphatic heterocycles. The molecule has 0 fully saturated rings. The smallest absolute Gasteiger partial charge is 0.244 e. The van der Waals surface area contributed by atoms with Crippen LogP contribution in [0.2, 0.25) is 0 Å². The molecule has 4 rings (SSSR count). The maximum atomic E-state index is 13.9. The Morgan fingerprint density at radius 1 is 1.23 bits per heavy atom. The zero-order valence-electron chi connectivity index (χ0n) is 16.7. The molecular weight excluding hydrogens is 406 g/mol. The summed E-state index contributed by atoms with van der Waals surface area (Å²) in [4.78, 5) is 0.